The number of halogens is 1. The molecule has 0 aliphatic carbocycles. The Kier molecular flexibility index (Phi) is 4.16. The van der Waals surface area contributed by atoms with Crippen molar-refractivity contribution >= 4 is 28.1 Å². The second-order valence-corrected chi connectivity index (χ2v) is 5.41. The van der Waals surface area contributed by atoms with E-state index < -0.39 is 0 Å². The van der Waals surface area contributed by atoms with Crippen LogP contribution < -0.4 is 4.90 Å². The maximum Gasteiger partial charge on any atom is 0.187 e. The molecule has 0 radical (unpaired) electrons. The van der Waals surface area contributed by atoms with Crippen LogP contribution in [0.2, 0.25) is 5.15 Å². The van der Waals surface area contributed by atoms with Gasteiger partial charge in [-0.1, -0.05) is 29.0 Å². The first-order chi connectivity index (χ1) is 8.60. The van der Waals surface area contributed by atoms with Crippen LogP contribution in [0.25, 0.3) is 0 Å². The van der Waals surface area contributed by atoms with Crippen molar-refractivity contribution in [3.63, 3.8) is 0 Å². The number of aliphatic hydroxyl groups is 1. The molecule has 6 heteroatoms. The highest BCUT2D eigenvalue weighted by Gasteiger charge is 2.12. The highest BCUT2D eigenvalue weighted by Crippen LogP contribution is 2.29. The van der Waals surface area contributed by atoms with Crippen molar-refractivity contribution in [1.29, 1.82) is 0 Å². The number of pyridine rings is 1. The summed E-state index contributed by atoms with van der Waals surface area (Å²) in [5, 5.41) is 10.3. The summed E-state index contributed by atoms with van der Waals surface area (Å²) in [4.78, 5) is 11.3. The highest BCUT2D eigenvalue weighted by atomic mass is 35.5. The molecule has 2 heterocycles. The van der Waals surface area contributed by atoms with E-state index in [0.29, 0.717) is 16.6 Å². The molecular formula is C12H14ClN3OS. The lowest BCUT2D eigenvalue weighted by atomic mass is 10.3. The molecule has 0 spiro atoms. The Hall–Kier alpha value is -1.17. The zero-order valence-corrected chi connectivity index (χ0v) is 11.8. The van der Waals surface area contributed by atoms with Gasteiger partial charge in [-0.25, -0.2) is 4.98 Å². The third-order valence-electron chi connectivity index (χ3n) is 2.45. The number of aryl methyl sites for hydroxylation is 1. The second kappa shape index (κ2) is 5.65. The van der Waals surface area contributed by atoms with Gasteiger partial charge in [0.05, 0.1) is 23.7 Å². The molecule has 2 aromatic heterocycles. The number of anilines is 1. The summed E-state index contributed by atoms with van der Waals surface area (Å²) in [5.41, 5.74) is 1.98. The number of hydrogen-bond acceptors (Lipinski definition) is 5. The minimum Gasteiger partial charge on any atom is -0.391 e. The number of hydrogen-bond donors (Lipinski definition) is 1. The summed E-state index contributed by atoms with van der Waals surface area (Å²) >= 11 is 7.31. The molecule has 18 heavy (non-hydrogen) atoms. The van der Waals surface area contributed by atoms with Crippen LogP contribution in [-0.2, 0) is 13.2 Å². The zero-order chi connectivity index (χ0) is 13.1. The fourth-order valence-electron chi connectivity index (χ4n) is 1.58. The smallest absolute Gasteiger partial charge is 0.187 e. The van der Waals surface area contributed by atoms with Crippen LogP contribution in [0.15, 0.2) is 18.2 Å². The first-order valence-electron chi connectivity index (χ1n) is 5.50. The van der Waals surface area contributed by atoms with Gasteiger partial charge in [-0.3, -0.25) is 4.98 Å². The van der Waals surface area contributed by atoms with Crippen molar-refractivity contribution < 1.29 is 5.11 Å². The monoisotopic (exact) mass is 283 g/mol. The quantitative estimate of drug-likeness (QED) is 0.937. The molecule has 0 aromatic carbocycles. The molecule has 0 saturated heterocycles. The number of aliphatic hydroxyl groups excluding tert-OH is 1. The summed E-state index contributed by atoms with van der Waals surface area (Å²) < 4.78 is 0. The highest BCUT2D eigenvalue weighted by molar-refractivity contribution is 7.16. The Morgan fingerprint density at radius 1 is 1.39 bits per heavy atom. The van der Waals surface area contributed by atoms with Gasteiger partial charge in [0.25, 0.3) is 0 Å². The second-order valence-electron chi connectivity index (χ2n) is 3.99. The molecule has 0 saturated carbocycles. The number of rotatable bonds is 4. The molecule has 0 amide bonds. The Morgan fingerprint density at radius 2 is 2.17 bits per heavy atom. The summed E-state index contributed by atoms with van der Waals surface area (Å²) in [6.07, 6.45) is 0. The standard InChI is InChI=1S/C12H14ClN3OS/c1-8-4-3-5-9(14-8)6-16(2)12-15-11(13)10(7-17)18-12/h3-5,17H,6-7H2,1-2H3. The first kappa shape index (κ1) is 13.3. The topological polar surface area (TPSA) is 49.2 Å². The van der Waals surface area contributed by atoms with Crippen molar-refractivity contribution in [2.24, 2.45) is 0 Å². The molecule has 4 nitrogen and oxygen atoms in total. The average Bonchev–Trinajstić information content (AvgIpc) is 2.70. The van der Waals surface area contributed by atoms with E-state index in [1.54, 1.807) is 0 Å². The van der Waals surface area contributed by atoms with Crippen molar-refractivity contribution in [2.45, 2.75) is 20.1 Å². The van der Waals surface area contributed by atoms with E-state index in [0.717, 1.165) is 16.5 Å². The van der Waals surface area contributed by atoms with Gasteiger partial charge in [0.2, 0.25) is 0 Å². The predicted molar refractivity (Wildman–Crippen MR) is 74.1 cm³/mol. The Bertz CT molecular complexity index is 544. The molecule has 2 rings (SSSR count). The molecule has 0 aliphatic rings. The van der Waals surface area contributed by atoms with E-state index >= 15 is 0 Å². The first-order valence-corrected chi connectivity index (χ1v) is 6.69. The zero-order valence-electron chi connectivity index (χ0n) is 10.2. The molecule has 0 unspecified atom stereocenters. The van der Waals surface area contributed by atoms with Gasteiger partial charge < -0.3 is 10.0 Å². The molecule has 1 N–H and O–H groups in total. The SMILES string of the molecule is Cc1cccc(CN(C)c2nc(Cl)c(CO)s2)n1. The van der Waals surface area contributed by atoms with E-state index in [-0.39, 0.29) is 6.61 Å². The lowest BCUT2D eigenvalue weighted by molar-refractivity contribution is 0.285. The van der Waals surface area contributed by atoms with Crippen LogP contribution in [0, 0.1) is 6.92 Å². The van der Waals surface area contributed by atoms with Gasteiger partial charge in [-0.15, -0.1) is 0 Å². The van der Waals surface area contributed by atoms with Gasteiger partial charge in [-0.05, 0) is 19.1 Å². The van der Waals surface area contributed by atoms with Crippen LogP contribution in [0.3, 0.4) is 0 Å². The minimum absolute atomic E-state index is 0.0764. The van der Waals surface area contributed by atoms with Crippen LogP contribution >= 0.6 is 22.9 Å². The summed E-state index contributed by atoms with van der Waals surface area (Å²) in [6, 6.07) is 5.93. The third kappa shape index (κ3) is 2.98. The summed E-state index contributed by atoms with van der Waals surface area (Å²) in [7, 11) is 1.93. The van der Waals surface area contributed by atoms with E-state index in [1.807, 2.05) is 37.1 Å². The lowest BCUT2D eigenvalue weighted by Gasteiger charge is -2.15. The van der Waals surface area contributed by atoms with E-state index in [9.17, 15) is 0 Å². The van der Waals surface area contributed by atoms with Crippen molar-refractivity contribution in [3.8, 4) is 0 Å². The fraction of sp³-hybridized carbons (Fsp3) is 0.333. The largest absolute Gasteiger partial charge is 0.391 e. The summed E-state index contributed by atoms with van der Waals surface area (Å²) in [5.74, 6) is 0. The molecule has 0 atom stereocenters. The number of nitrogens with zero attached hydrogens (tertiary/aromatic N) is 3. The molecule has 0 aliphatic heterocycles. The lowest BCUT2D eigenvalue weighted by Crippen LogP contribution is -2.17. The predicted octanol–water partition coefficient (Wildman–Crippen LogP) is 2.63. The van der Waals surface area contributed by atoms with E-state index in [2.05, 4.69) is 9.97 Å². The average molecular weight is 284 g/mol. The third-order valence-corrected chi connectivity index (χ3v) is 4.03. The number of aromatic nitrogens is 2. The maximum atomic E-state index is 9.09. The normalized spacial score (nSPS) is 10.7. The minimum atomic E-state index is -0.0764. The molecular weight excluding hydrogens is 270 g/mol. The van der Waals surface area contributed by atoms with Crippen LogP contribution in [0.4, 0.5) is 5.13 Å². The fourth-order valence-corrected chi connectivity index (χ4v) is 2.66. The van der Waals surface area contributed by atoms with Gasteiger partial charge >= 0.3 is 0 Å². The van der Waals surface area contributed by atoms with Gasteiger partial charge in [0, 0.05) is 12.7 Å². The molecule has 96 valence electrons. The van der Waals surface area contributed by atoms with Crippen LogP contribution in [0.1, 0.15) is 16.3 Å². The van der Waals surface area contributed by atoms with Gasteiger partial charge in [0.15, 0.2) is 5.13 Å². The Labute approximate surface area is 115 Å². The van der Waals surface area contributed by atoms with E-state index in [4.69, 9.17) is 16.7 Å². The molecule has 2 aromatic rings. The van der Waals surface area contributed by atoms with E-state index in [1.165, 1.54) is 11.3 Å². The van der Waals surface area contributed by atoms with Crippen LogP contribution in [-0.4, -0.2) is 22.1 Å². The van der Waals surface area contributed by atoms with Crippen LogP contribution in [0.5, 0.6) is 0 Å². The Balaban J connectivity index is 2.13. The molecule has 0 bridgehead atoms. The maximum absolute atomic E-state index is 9.09. The van der Waals surface area contributed by atoms with Crippen molar-refractivity contribution in [1.82, 2.24) is 9.97 Å². The van der Waals surface area contributed by atoms with Crippen molar-refractivity contribution in [3.05, 3.63) is 39.6 Å². The van der Waals surface area contributed by atoms with Gasteiger partial charge in [-0.2, -0.15) is 0 Å². The Morgan fingerprint density at radius 3 is 2.78 bits per heavy atom. The summed E-state index contributed by atoms with van der Waals surface area (Å²) in [6.45, 7) is 2.55. The van der Waals surface area contributed by atoms with Crippen molar-refractivity contribution in [2.75, 3.05) is 11.9 Å². The molecule has 0 fully saturated rings. The number of thiazole rings is 1. The van der Waals surface area contributed by atoms with Gasteiger partial charge in [0.1, 0.15) is 5.15 Å².